The highest BCUT2D eigenvalue weighted by molar-refractivity contribution is 5.32. The summed E-state index contributed by atoms with van der Waals surface area (Å²) < 4.78 is 23.9. The van der Waals surface area contributed by atoms with E-state index in [9.17, 15) is 51.1 Å². The van der Waals surface area contributed by atoms with Gasteiger partial charge in [0, 0.05) is 0 Å². The van der Waals surface area contributed by atoms with Crippen molar-refractivity contribution in [3.8, 4) is 0 Å². The van der Waals surface area contributed by atoms with Gasteiger partial charge in [0.2, 0.25) is 0 Å². The first kappa shape index (κ1) is 41.6. The van der Waals surface area contributed by atoms with Crippen molar-refractivity contribution in [2.75, 3.05) is 13.2 Å². The molecule has 7 aliphatic rings. The molecule has 2 saturated heterocycles. The number of hydrogen-bond acceptors (Lipinski definition) is 14. The molecule has 54 heavy (non-hydrogen) atoms. The number of ether oxygens (including phenoxy) is 4. The lowest BCUT2D eigenvalue weighted by atomic mass is 9.41. The highest BCUT2D eigenvalue weighted by Crippen LogP contribution is 2.89. The Morgan fingerprint density at radius 1 is 0.741 bits per heavy atom. The lowest BCUT2D eigenvalue weighted by molar-refractivity contribution is -0.356. The molecule has 14 heteroatoms. The molecular formula is C40H68O14. The minimum absolute atomic E-state index is 0.00495. The normalized spacial score (nSPS) is 54.4. The van der Waals surface area contributed by atoms with Crippen LogP contribution in [0.15, 0.2) is 0 Å². The van der Waals surface area contributed by atoms with Crippen molar-refractivity contribution in [2.45, 2.75) is 185 Å². The van der Waals surface area contributed by atoms with Crippen LogP contribution in [0.1, 0.15) is 99.8 Å². The van der Waals surface area contributed by atoms with Crippen LogP contribution in [-0.2, 0) is 18.9 Å². The molecular weight excluding hydrogens is 704 g/mol. The quantitative estimate of drug-likeness (QED) is 0.141. The molecule has 7 fully saturated rings. The molecule has 0 aromatic heterocycles. The number of hydrogen-bond donors (Lipinski definition) is 10. The van der Waals surface area contributed by atoms with E-state index in [1.54, 1.807) is 0 Å². The maximum atomic E-state index is 12.3. The highest BCUT2D eigenvalue weighted by atomic mass is 16.7. The smallest absolute Gasteiger partial charge is 0.186 e. The third kappa shape index (κ3) is 6.02. The second-order valence-corrected chi connectivity index (χ2v) is 20.4. The summed E-state index contributed by atoms with van der Waals surface area (Å²) in [5.74, 6) is -0.172. The van der Waals surface area contributed by atoms with E-state index in [-0.39, 0.29) is 65.0 Å². The molecule has 10 N–H and O–H groups in total. The monoisotopic (exact) mass is 772 g/mol. The lowest BCUT2D eigenvalue weighted by Gasteiger charge is -2.64. The predicted octanol–water partition coefficient (Wildman–Crippen LogP) is 0.174. The van der Waals surface area contributed by atoms with Crippen molar-refractivity contribution < 1.29 is 70.0 Å². The summed E-state index contributed by atoms with van der Waals surface area (Å²) in [4.78, 5) is 0. The second-order valence-electron chi connectivity index (χ2n) is 20.4. The van der Waals surface area contributed by atoms with Crippen molar-refractivity contribution >= 4 is 0 Å². The molecule has 7 rings (SSSR count). The van der Waals surface area contributed by atoms with Gasteiger partial charge in [0.15, 0.2) is 12.6 Å². The summed E-state index contributed by atoms with van der Waals surface area (Å²) in [6.07, 6.45) is -9.39. The Morgan fingerprint density at radius 3 is 2.02 bits per heavy atom. The Kier molecular flexibility index (Phi) is 10.6. The van der Waals surface area contributed by atoms with Crippen LogP contribution in [0.3, 0.4) is 0 Å². The summed E-state index contributed by atoms with van der Waals surface area (Å²) in [5, 5.41) is 108. The first-order valence-electron chi connectivity index (χ1n) is 20.4. The van der Waals surface area contributed by atoms with Crippen LogP contribution in [0, 0.1) is 50.7 Å². The number of fused-ring (bicyclic) bond motifs is 2. The van der Waals surface area contributed by atoms with E-state index < -0.39 is 90.7 Å². The van der Waals surface area contributed by atoms with Crippen molar-refractivity contribution in [1.29, 1.82) is 0 Å². The molecule has 312 valence electrons. The van der Waals surface area contributed by atoms with Crippen molar-refractivity contribution in [2.24, 2.45) is 50.7 Å². The van der Waals surface area contributed by atoms with Crippen LogP contribution in [-0.4, -0.2) is 150 Å². The van der Waals surface area contributed by atoms with Crippen LogP contribution in [0.4, 0.5) is 0 Å². The second kappa shape index (κ2) is 13.8. The summed E-state index contributed by atoms with van der Waals surface area (Å²) in [5.41, 5.74) is -2.68. The molecule has 21 atom stereocenters. The third-order valence-corrected chi connectivity index (χ3v) is 16.8. The Balaban J connectivity index is 1.09. The van der Waals surface area contributed by atoms with Crippen LogP contribution in [0.25, 0.3) is 0 Å². The maximum Gasteiger partial charge on any atom is 0.186 e. The Bertz CT molecular complexity index is 1380. The Labute approximate surface area is 318 Å². The van der Waals surface area contributed by atoms with Gasteiger partial charge in [0.05, 0.1) is 43.2 Å². The first-order valence-corrected chi connectivity index (χ1v) is 20.4. The molecule has 2 spiro atoms. The average molecular weight is 773 g/mol. The summed E-state index contributed by atoms with van der Waals surface area (Å²) in [6.45, 7) is 13.3. The van der Waals surface area contributed by atoms with E-state index in [0.717, 1.165) is 25.7 Å². The van der Waals surface area contributed by atoms with Crippen molar-refractivity contribution in [3.63, 3.8) is 0 Å². The van der Waals surface area contributed by atoms with Gasteiger partial charge < -0.3 is 70.0 Å². The summed E-state index contributed by atoms with van der Waals surface area (Å²) in [6, 6.07) is 0. The summed E-state index contributed by atoms with van der Waals surface area (Å²) in [7, 11) is 0. The molecule has 0 aromatic rings. The van der Waals surface area contributed by atoms with Gasteiger partial charge in [0.25, 0.3) is 0 Å². The van der Waals surface area contributed by atoms with Gasteiger partial charge in [0.1, 0.15) is 42.7 Å². The van der Waals surface area contributed by atoms with E-state index in [0.29, 0.717) is 19.3 Å². The Morgan fingerprint density at radius 2 is 1.37 bits per heavy atom. The number of aliphatic hydroxyl groups is 10. The average Bonchev–Trinajstić information content (AvgIpc) is 3.67. The van der Waals surface area contributed by atoms with Crippen molar-refractivity contribution in [3.05, 3.63) is 0 Å². The van der Waals surface area contributed by atoms with E-state index in [4.69, 9.17) is 18.9 Å². The molecule has 0 aromatic carbocycles. The minimum Gasteiger partial charge on any atom is -0.393 e. The van der Waals surface area contributed by atoms with Crippen LogP contribution >= 0.6 is 0 Å². The number of aliphatic hydroxyl groups excluding tert-OH is 9. The van der Waals surface area contributed by atoms with Gasteiger partial charge in [-0.15, -0.1) is 0 Å². The van der Waals surface area contributed by atoms with E-state index >= 15 is 0 Å². The fourth-order valence-electron chi connectivity index (χ4n) is 14.1. The molecule has 5 saturated carbocycles. The Hall–Kier alpha value is -0.560. The lowest BCUT2D eigenvalue weighted by Crippen LogP contribution is -2.63. The molecule has 5 aliphatic carbocycles. The fraction of sp³-hybridized carbons (Fsp3) is 1.00. The molecule has 14 nitrogen and oxygen atoms in total. The first-order chi connectivity index (χ1) is 25.0. The van der Waals surface area contributed by atoms with Crippen molar-refractivity contribution in [1.82, 2.24) is 0 Å². The maximum absolute atomic E-state index is 12.3. The van der Waals surface area contributed by atoms with Gasteiger partial charge in [-0.1, -0.05) is 34.6 Å². The SMILES string of the molecule is C[C@H](C[C@H](O)[C@@H](O)C(C)(C)O)[C@H]1[C@@H](O)C[C@@]2(C)[C@@H]3C[C@H](O)[C@@H]4C(C)(C)[C@@H](O[C@@H]5OC[C@@H](O)[C@H](O)[C@H]5O[C@@H]5OC[C@H](O)[C@H](O)[C@H]5O)CC[C@@]45C[C@@]35CC[C@]12C. The zero-order valence-corrected chi connectivity index (χ0v) is 33.0. The van der Waals surface area contributed by atoms with Gasteiger partial charge >= 0.3 is 0 Å². The fourth-order valence-corrected chi connectivity index (χ4v) is 14.1. The molecule has 2 aliphatic heterocycles. The molecule has 2 heterocycles. The van der Waals surface area contributed by atoms with Gasteiger partial charge in [-0.2, -0.15) is 0 Å². The van der Waals surface area contributed by atoms with E-state index in [2.05, 4.69) is 27.7 Å². The van der Waals surface area contributed by atoms with Crippen LogP contribution in [0.5, 0.6) is 0 Å². The minimum atomic E-state index is -1.61. The zero-order chi connectivity index (χ0) is 39.7. The number of rotatable bonds is 9. The molecule has 0 radical (unpaired) electrons. The van der Waals surface area contributed by atoms with Gasteiger partial charge in [-0.3, -0.25) is 0 Å². The highest BCUT2D eigenvalue weighted by Gasteiger charge is 2.84. The van der Waals surface area contributed by atoms with Crippen LogP contribution < -0.4 is 0 Å². The zero-order valence-electron chi connectivity index (χ0n) is 33.0. The van der Waals surface area contributed by atoms with Crippen LogP contribution in [0.2, 0.25) is 0 Å². The largest absolute Gasteiger partial charge is 0.393 e. The standard InChI is InChI=1S/C40H68O14/c1-18(12-20(42)32(49)36(4,5)50)26-21(43)14-38(7)24-13-19(41)31-35(2,3)25(8-9-40(31)17-39(24,40)11-10-37(26,38)6)53-34-30(28(47)23(45)16-52-34)54-33-29(48)27(46)22(44)15-51-33/h18-34,41-50H,8-17H2,1-7H3/t18-,19+,20+,21+,22+,23-,24+,25+,26+,27+,28+,29-,30-,31-,32-,33+,34+,37-,38+,39+,40-/m1/s1. The molecule has 0 bridgehead atoms. The van der Waals surface area contributed by atoms with Gasteiger partial charge in [-0.25, -0.2) is 0 Å². The topological polar surface area (TPSA) is 239 Å². The van der Waals surface area contributed by atoms with E-state index in [1.165, 1.54) is 13.8 Å². The third-order valence-electron chi connectivity index (χ3n) is 16.8. The van der Waals surface area contributed by atoms with Gasteiger partial charge in [-0.05, 0) is 116 Å². The predicted molar refractivity (Wildman–Crippen MR) is 191 cm³/mol. The van der Waals surface area contributed by atoms with E-state index in [1.807, 2.05) is 6.92 Å². The molecule has 0 amide bonds. The molecule has 0 unspecified atom stereocenters. The summed E-state index contributed by atoms with van der Waals surface area (Å²) >= 11 is 0.